The maximum Gasteiger partial charge on any atom is 0.0517 e. The Hall–Kier alpha value is 0.504. The molecule has 1 atom stereocenters. The van der Waals surface area contributed by atoms with Crippen LogP contribution in [0.1, 0.15) is 6.42 Å². The number of ether oxygens (including phenoxy) is 1. The molecular weight excluding hydrogens is 143 g/mol. The van der Waals surface area contributed by atoms with Gasteiger partial charge in [-0.05, 0) is 6.42 Å². The van der Waals surface area contributed by atoms with Crippen LogP contribution in [0.25, 0.3) is 0 Å². The fourth-order valence-corrected chi connectivity index (χ4v) is 0.727. The van der Waals surface area contributed by atoms with Crippen molar-refractivity contribution in [3.05, 3.63) is 0 Å². The monoisotopic (exact) mass is 153 g/mol. The van der Waals surface area contributed by atoms with Gasteiger partial charge in [0, 0.05) is 37.7 Å². The standard InChI is InChI=1S/C5H10O2.V/c6-3-5-1-2-7-4-5;/h5-6H,1-4H2;. The summed E-state index contributed by atoms with van der Waals surface area (Å²) in [5.41, 5.74) is 0. The van der Waals surface area contributed by atoms with Gasteiger partial charge in [0.15, 0.2) is 0 Å². The quantitative estimate of drug-likeness (QED) is 0.575. The van der Waals surface area contributed by atoms with E-state index in [9.17, 15) is 0 Å². The van der Waals surface area contributed by atoms with Gasteiger partial charge in [-0.15, -0.1) is 0 Å². The van der Waals surface area contributed by atoms with Crippen LogP contribution in [0.15, 0.2) is 0 Å². The van der Waals surface area contributed by atoms with Crippen LogP contribution in [0.4, 0.5) is 0 Å². The molecular formula is C5H10O2V. The van der Waals surface area contributed by atoms with Crippen LogP contribution in [0, 0.1) is 5.92 Å². The average Bonchev–Trinajstić information content (AvgIpc) is 2.14. The first kappa shape index (κ1) is 8.50. The van der Waals surface area contributed by atoms with Crippen molar-refractivity contribution in [1.29, 1.82) is 0 Å². The second-order valence-corrected chi connectivity index (χ2v) is 1.91. The third kappa shape index (κ3) is 2.18. The topological polar surface area (TPSA) is 29.5 Å². The summed E-state index contributed by atoms with van der Waals surface area (Å²) in [5.74, 6) is 0.431. The van der Waals surface area contributed by atoms with Crippen molar-refractivity contribution in [1.82, 2.24) is 0 Å². The summed E-state index contributed by atoms with van der Waals surface area (Å²) >= 11 is 0. The molecule has 8 heavy (non-hydrogen) atoms. The summed E-state index contributed by atoms with van der Waals surface area (Å²) in [6.07, 6.45) is 1.04. The van der Waals surface area contributed by atoms with Gasteiger partial charge in [0.05, 0.1) is 6.61 Å². The summed E-state index contributed by atoms with van der Waals surface area (Å²) in [6, 6.07) is 0. The Balaban J connectivity index is 0.000000490. The predicted octanol–water partition coefficient (Wildman–Crippen LogP) is 0.0127. The van der Waals surface area contributed by atoms with Gasteiger partial charge in [-0.2, -0.15) is 0 Å². The molecule has 0 aromatic rings. The van der Waals surface area contributed by atoms with Crippen LogP contribution in [-0.2, 0) is 23.3 Å². The average molecular weight is 153 g/mol. The van der Waals surface area contributed by atoms with Crippen molar-refractivity contribution in [2.45, 2.75) is 6.42 Å². The van der Waals surface area contributed by atoms with E-state index in [0.29, 0.717) is 12.5 Å². The summed E-state index contributed by atoms with van der Waals surface area (Å²) < 4.78 is 4.99. The van der Waals surface area contributed by atoms with E-state index in [-0.39, 0.29) is 18.6 Å². The van der Waals surface area contributed by atoms with Crippen molar-refractivity contribution in [2.24, 2.45) is 5.92 Å². The van der Waals surface area contributed by atoms with E-state index >= 15 is 0 Å². The first-order valence-electron chi connectivity index (χ1n) is 2.62. The zero-order valence-electron chi connectivity index (χ0n) is 4.71. The van der Waals surface area contributed by atoms with E-state index in [2.05, 4.69) is 0 Å². The summed E-state index contributed by atoms with van der Waals surface area (Å²) in [7, 11) is 0. The second-order valence-electron chi connectivity index (χ2n) is 1.91. The number of aliphatic hydroxyl groups excluding tert-OH is 1. The molecule has 0 aliphatic carbocycles. The Morgan fingerprint density at radius 3 is 2.62 bits per heavy atom. The van der Waals surface area contributed by atoms with Crippen LogP contribution < -0.4 is 0 Å². The third-order valence-corrected chi connectivity index (χ3v) is 1.28. The van der Waals surface area contributed by atoms with Gasteiger partial charge < -0.3 is 9.84 Å². The first-order valence-corrected chi connectivity index (χ1v) is 2.62. The molecule has 0 aromatic carbocycles. The van der Waals surface area contributed by atoms with E-state index in [1.54, 1.807) is 0 Å². The molecule has 0 saturated carbocycles. The van der Waals surface area contributed by atoms with Crippen LogP contribution >= 0.6 is 0 Å². The van der Waals surface area contributed by atoms with Gasteiger partial charge >= 0.3 is 0 Å². The molecule has 3 heteroatoms. The Labute approximate surface area is 61.1 Å². The largest absolute Gasteiger partial charge is 0.396 e. The molecule has 1 unspecified atom stereocenters. The van der Waals surface area contributed by atoms with Crippen LogP contribution in [0.2, 0.25) is 0 Å². The molecule has 1 aliphatic rings. The fourth-order valence-electron chi connectivity index (χ4n) is 0.727. The molecule has 1 rings (SSSR count). The molecule has 1 saturated heterocycles. The Morgan fingerprint density at radius 2 is 2.38 bits per heavy atom. The number of hydrogen-bond acceptors (Lipinski definition) is 2. The molecule has 0 spiro atoms. The summed E-state index contributed by atoms with van der Waals surface area (Å²) in [6.45, 7) is 1.89. The number of rotatable bonds is 1. The van der Waals surface area contributed by atoms with E-state index in [0.717, 1.165) is 19.6 Å². The maximum absolute atomic E-state index is 8.49. The van der Waals surface area contributed by atoms with Gasteiger partial charge in [-0.3, -0.25) is 0 Å². The van der Waals surface area contributed by atoms with Crippen molar-refractivity contribution < 1.29 is 28.4 Å². The van der Waals surface area contributed by atoms with Gasteiger partial charge in [-0.25, -0.2) is 0 Å². The van der Waals surface area contributed by atoms with E-state index in [4.69, 9.17) is 9.84 Å². The maximum atomic E-state index is 8.49. The normalized spacial score (nSPS) is 27.4. The van der Waals surface area contributed by atoms with Gasteiger partial charge in [0.1, 0.15) is 0 Å². The SMILES string of the molecule is OCC1CCOC1.[V]. The van der Waals surface area contributed by atoms with Crippen molar-refractivity contribution in [3.8, 4) is 0 Å². The van der Waals surface area contributed by atoms with E-state index in [1.165, 1.54) is 0 Å². The van der Waals surface area contributed by atoms with Crippen molar-refractivity contribution in [2.75, 3.05) is 19.8 Å². The van der Waals surface area contributed by atoms with Gasteiger partial charge in [-0.1, -0.05) is 0 Å². The van der Waals surface area contributed by atoms with E-state index in [1.807, 2.05) is 0 Å². The molecule has 47 valence electrons. The van der Waals surface area contributed by atoms with Gasteiger partial charge in [0.25, 0.3) is 0 Å². The van der Waals surface area contributed by atoms with Crippen LogP contribution in [0.5, 0.6) is 0 Å². The zero-order chi connectivity index (χ0) is 5.11. The summed E-state index contributed by atoms with van der Waals surface area (Å²) in [4.78, 5) is 0. The predicted molar refractivity (Wildman–Crippen MR) is 26.0 cm³/mol. The molecule has 1 N–H and O–H groups in total. The minimum Gasteiger partial charge on any atom is -0.396 e. The minimum atomic E-state index is 0. The number of hydrogen-bond donors (Lipinski definition) is 1. The molecule has 1 aliphatic heterocycles. The molecule has 0 bridgehead atoms. The molecule has 2 nitrogen and oxygen atoms in total. The number of aliphatic hydroxyl groups is 1. The van der Waals surface area contributed by atoms with Crippen LogP contribution in [-0.4, -0.2) is 24.9 Å². The Kier molecular flexibility index (Phi) is 4.67. The fraction of sp³-hybridized carbons (Fsp3) is 1.00. The molecule has 0 aromatic heterocycles. The van der Waals surface area contributed by atoms with E-state index < -0.39 is 0 Å². The molecule has 0 amide bonds. The molecule has 1 heterocycles. The summed E-state index contributed by atoms with van der Waals surface area (Å²) in [5, 5.41) is 8.49. The Morgan fingerprint density at radius 1 is 1.62 bits per heavy atom. The first-order chi connectivity index (χ1) is 3.43. The van der Waals surface area contributed by atoms with Crippen molar-refractivity contribution >= 4 is 0 Å². The zero-order valence-corrected chi connectivity index (χ0v) is 6.11. The second kappa shape index (κ2) is 4.39. The minimum absolute atomic E-state index is 0. The molecule has 1 radical (unpaired) electrons. The Bertz CT molecular complexity index is 52.4. The van der Waals surface area contributed by atoms with Crippen molar-refractivity contribution in [3.63, 3.8) is 0 Å². The third-order valence-electron chi connectivity index (χ3n) is 1.28. The molecule has 1 fully saturated rings. The smallest absolute Gasteiger partial charge is 0.0517 e. The van der Waals surface area contributed by atoms with Crippen LogP contribution in [0.3, 0.4) is 0 Å². The van der Waals surface area contributed by atoms with Gasteiger partial charge in [0.2, 0.25) is 0 Å².